The molecule has 0 saturated heterocycles. The normalized spacial score (nSPS) is 12.8. The Bertz CT molecular complexity index is 3970. The van der Waals surface area contributed by atoms with Crippen molar-refractivity contribution in [2.45, 2.75) is 30.9 Å². The third kappa shape index (κ3) is 8.47. The highest BCUT2D eigenvalue weighted by Crippen LogP contribution is 2.47. The van der Waals surface area contributed by atoms with E-state index in [1.165, 1.54) is 53.1 Å². The lowest BCUT2D eigenvalue weighted by atomic mass is 9.95. The number of rotatable bonds is 5. The van der Waals surface area contributed by atoms with Crippen LogP contribution in [0.1, 0.15) is 38.9 Å². The molecule has 370 valence electrons. The van der Waals surface area contributed by atoms with E-state index in [1.807, 2.05) is 0 Å². The van der Waals surface area contributed by atoms with E-state index in [2.05, 4.69) is 6.07 Å². The van der Waals surface area contributed by atoms with Crippen LogP contribution in [0.5, 0.6) is 0 Å². The Balaban J connectivity index is 1.28. The molecule has 0 aliphatic carbocycles. The van der Waals surface area contributed by atoms with Gasteiger partial charge in [-0.3, -0.25) is 0 Å². The van der Waals surface area contributed by atoms with Gasteiger partial charge < -0.3 is 9.13 Å². The first-order valence-electron chi connectivity index (χ1n) is 21.6. The fourth-order valence-corrected chi connectivity index (χ4v) is 9.40. The number of hydrogen-bond acceptors (Lipinski definition) is 2. The van der Waals surface area contributed by atoms with Gasteiger partial charge in [-0.1, -0.05) is 54.6 Å². The largest absolute Gasteiger partial charge is 0.416 e. The minimum atomic E-state index is -5.18. The van der Waals surface area contributed by atoms with Crippen LogP contribution in [0.15, 0.2) is 152 Å². The summed E-state index contributed by atoms with van der Waals surface area (Å²) < 4.78 is 215. The van der Waals surface area contributed by atoms with Gasteiger partial charge in [-0.2, -0.15) is 76.4 Å². The molecule has 0 amide bonds. The summed E-state index contributed by atoms with van der Waals surface area (Å²) >= 11 is 0. The van der Waals surface area contributed by atoms with E-state index in [0.29, 0.717) is 52.0 Å². The minimum Gasteiger partial charge on any atom is -0.308 e. The molecule has 10 rings (SSSR count). The number of nitriles is 2. The summed E-state index contributed by atoms with van der Waals surface area (Å²) in [6.07, 6.45) is -25.6. The molecule has 10 aromatic rings. The van der Waals surface area contributed by atoms with Crippen LogP contribution in [0.3, 0.4) is 0 Å². The monoisotopic (exact) mass is 1030 g/mol. The van der Waals surface area contributed by atoms with E-state index in [1.54, 1.807) is 59.2 Å². The maximum Gasteiger partial charge on any atom is 0.416 e. The Labute approximate surface area is 406 Å². The third-order valence-corrected chi connectivity index (χ3v) is 12.6. The first-order chi connectivity index (χ1) is 34.7. The number of aromatic nitrogens is 2. The molecule has 0 fully saturated rings. The van der Waals surface area contributed by atoms with Crippen LogP contribution in [0.2, 0.25) is 0 Å². The highest BCUT2D eigenvalue weighted by atomic mass is 19.4. The fraction of sp³-hybridized carbons (Fsp3) is 0.0909. The summed E-state index contributed by atoms with van der Waals surface area (Å²) in [6, 6.07) is 32.3. The molecule has 0 saturated carbocycles. The molecule has 0 unspecified atom stereocenters. The van der Waals surface area contributed by atoms with Crippen LogP contribution < -0.4 is 0 Å². The Morgan fingerprint density at radius 1 is 0.324 bits per heavy atom. The number of para-hydroxylation sites is 2. The van der Waals surface area contributed by atoms with E-state index in [-0.39, 0.29) is 73.3 Å². The maximum atomic E-state index is 14.5. The molecule has 0 atom stereocenters. The standard InChI is InChI=1S/C55H25F15N4/c56-51(57,58)34-16-28(26-71)15-33(21-34)39-11-14-49(73-45-7-3-1-5-40(45)42-22-29(9-12-47(42)73)31-17-35(52(59,60)61)24-36(18-31)53(62,63)64)44(27-72)50(39)74-46-8-4-2-6-41(46)43-23-30(10-13-48(43)74)32-19-37(54(65,66)67)25-38(20-32)55(68,69)70/h1-25H. The van der Waals surface area contributed by atoms with Crippen molar-refractivity contribution < 1.29 is 65.9 Å². The van der Waals surface area contributed by atoms with Crippen molar-refractivity contribution in [2.75, 3.05) is 0 Å². The number of nitrogens with zero attached hydrogens (tertiary/aromatic N) is 4. The van der Waals surface area contributed by atoms with Crippen LogP contribution in [-0.2, 0) is 30.9 Å². The van der Waals surface area contributed by atoms with Gasteiger partial charge in [0.2, 0.25) is 0 Å². The van der Waals surface area contributed by atoms with E-state index in [4.69, 9.17) is 0 Å². The van der Waals surface area contributed by atoms with Gasteiger partial charge in [0.1, 0.15) is 11.6 Å². The SMILES string of the molecule is N#Cc1cc(-c2ccc(-n3c4ccccc4c4cc(-c5cc(C(F)(F)F)cc(C(F)(F)F)c5)ccc43)c(C#N)c2-n2c3ccccc3c3cc(-c4cc(C(F)(F)F)cc(C(F)(F)F)c4)ccc32)cc(C(F)(F)F)c1. The molecule has 0 bridgehead atoms. The zero-order chi connectivity index (χ0) is 53.0. The van der Waals surface area contributed by atoms with Crippen molar-refractivity contribution in [3.05, 3.63) is 191 Å². The Morgan fingerprint density at radius 3 is 1.15 bits per heavy atom. The van der Waals surface area contributed by atoms with Gasteiger partial charge in [-0.15, -0.1) is 0 Å². The van der Waals surface area contributed by atoms with Crippen LogP contribution >= 0.6 is 0 Å². The van der Waals surface area contributed by atoms with Gasteiger partial charge in [-0.05, 0) is 125 Å². The van der Waals surface area contributed by atoms with Crippen molar-refractivity contribution in [1.82, 2.24) is 9.13 Å². The van der Waals surface area contributed by atoms with Gasteiger partial charge in [0.25, 0.3) is 0 Å². The van der Waals surface area contributed by atoms with Crippen molar-refractivity contribution >= 4 is 43.6 Å². The first kappa shape index (κ1) is 48.9. The zero-order valence-electron chi connectivity index (χ0n) is 36.9. The van der Waals surface area contributed by atoms with Crippen molar-refractivity contribution in [3.8, 4) is 56.9 Å². The van der Waals surface area contributed by atoms with Gasteiger partial charge in [-0.25, -0.2) is 0 Å². The molecule has 8 aromatic carbocycles. The molecule has 4 nitrogen and oxygen atoms in total. The Kier molecular flexibility index (Phi) is 11.2. The molecule has 19 heteroatoms. The molecule has 2 aromatic heterocycles. The van der Waals surface area contributed by atoms with Crippen LogP contribution in [0.4, 0.5) is 65.9 Å². The smallest absolute Gasteiger partial charge is 0.308 e. The molecule has 0 aliphatic heterocycles. The molecule has 0 N–H and O–H groups in total. The maximum absolute atomic E-state index is 14.5. The van der Waals surface area contributed by atoms with Crippen LogP contribution in [-0.4, -0.2) is 9.13 Å². The lowest BCUT2D eigenvalue weighted by Gasteiger charge is -2.21. The Morgan fingerprint density at radius 2 is 0.716 bits per heavy atom. The topological polar surface area (TPSA) is 57.4 Å². The summed E-state index contributed by atoms with van der Waals surface area (Å²) in [5.74, 6) is 0. The average molecular weight is 1030 g/mol. The van der Waals surface area contributed by atoms with E-state index >= 15 is 0 Å². The summed E-state index contributed by atoms with van der Waals surface area (Å²) in [5, 5.41) is 22.6. The van der Waals surface area contributed by atoms with Gasteiger partial charge >= 0.3 is 30.9 Å². The van der Waals surface area contributed by atoms with E-state index < -0.39 is 75.4 Å². The van der Waals surface area contributed by atoms with Crippen molar-refractivity contribution in [3.63, 3.8) is 0 Å². The highest BCUT2D eigenvalue weighted by molar-refractivity contribution is 6.13. The predicted octanol–water partition coefficient (Wildman–Crippen LogP) is 17.7. The van der Waals surface area contributed by atoms with Crippen LogP contribution in [0.25, 0.3) is 88.4 Å². The quantitative estimate of drug-likeness (QED) is 0.161. The Hall–Kier alpha value is -8.71. The van der Waals surface area contributed by atoms with E-state index in [0.717, 1.165) is 12.1 Å². The number of fused-ring (bicyclic) bond motifs is 6. The minimum absolute atomic E-state index is 0.00143. The van der Waals surface area contributed by atoms with E-state index in [9.17, 15) is 76.4 Å². The second kappa shape index (κ2) is 16.9. The summed E-state index contributed by atoms with van der Waals surface area (Å²) in [4.78, 5) is 0. The van der Waals surface area contributed by atoms with Gasteiger partial charge in [0, 0.05) is 27.1 Å². The molecular formula is C55H25F15N4. The fourth-order valence-electron chi connectivity index (χ4n) is 9.40. The highest BCUT2D eigenvalue weighted by Gasteiger charge is 2.39. The molecular weight excluding hydrogens is 1000 g/mol. The van der Waals surface area contributed by atoms with Crippen molar-refractivity contribution in [2.24, 2.45) is 0 Å². The number of halogens is 15. The zero-order valence-corrected chi connectivity index (χ0v) is 36.9. The van der Waals surface area contributed by atoms with Gasteiger partial charge in [0.15, 0.2) is 0 Å². The predicted molar refractivity (Wildman–Crippen MR) is 246 cm³/mol. The molecule has 74 heavy (non-hydrogen) atoms. The lowest BCUT2D eigenvalue weighted by Crippen LogP contribution is -2.11. The second-order valence-corrected chi connectivity index (χ2v) is 17.1. The average Bonchev–Trinajstić information content (AvgIpc) is 3.86. The summed E-state index contributed by atoms with van der Waals surface area (Å²) in [7, 11) is 0. The number of hydrogen-bond donors (Lipinski definition) is 0. The summed E-state index contributed by atoms with van der Waals surface area (Å²) in [6.45, 7) is 0. The molecule has 0 radical (unpaired) electrons. The van der Waals surface area contributed by atoms with Crippen molar-refractivity contribution in [1.29, 1.82) is 10.5 Å². The van der Waals surface area contributed by atoms with Gasteiger partial charge in [0.05, 0.1) is 72.9 Å². The van der Waals surface area contributed by atoms with Crippen LogP contribution in [0, 0.1) is 22.7 Å². The molecule has 2 heterocycles. The second-order valence-electron chi connectivity index (χ2n) is 17.1. The summed E-state index contributed by atoms with van der Waals surface area (Å²) in [5.41, 5.74) is -8.39. The lowest BCUT2D eigenvalue weighted by molar-refractivity contribution is -0.144. The third-order valence-electron chi connectivity index (χ3n) is 12.6. The molecule has 0 spiro atoms. The number of benzene rings is 8. The number of alkyl halides is 15. The molecule has 0 aliphatic rings. The first-order valence-corrected chi connectivity index (χ1v) is 21.6.